The predicted octanol–water partition coefficient (Wildman–Crippen LogP) is 3.16. The fourth-order valence-electron chi connectivity index (χ4n) is 3.17. The van der Waals surface area contributed by atoms with Gasteiger partial charge in [0.2, 0.25) is 5.91 Å². The zero-order valence-electron chi connectivity index (χ0n) is 14.9. The van der Waals surface area contributed by atoms with Crippen LogP contribution in [-0.4, -0.2) is 27.8 Å². The number of nitrogens with one attached hydrogen (secondary N) is 1. The van der Waals surface area contributed by atoms with Gasteiger partial charge in [0.25, 0.3) is 5.56 Å². The van der Waals surface area contributed by atoms with Crippen molar-refractivity contribution >= 4 is 39.2 Å². The van der Waals surface area contributed by atoms with Gasteiger partial charge in [-0.15, -0.1) is 24.5 Å². The smallest absolute Gasteiger partial charge is 0.263 e. The summed E-state index contributed by atoms with van der Waals surface area (Å²) in [6, 6.07) is 0. The second-order valence-corrected chi connectivity index (χ2v) is 8.54. The molecule has 1 aliphatic rings. The normalized spacial score (nSPS) is 16.3. The zero-order valence-corrected chi connectivity index (χ0v) is 16.5. The van der Waals surface area contributed by atoms with Crippen LogP contribution in [0.1, 0.15) is 23.8 Å². The van der Waals surface area contributed by atoms with Gasteiger partial charge >= 0.3 is 0 Å². The largest absolute Gasteiger partial charge is 0.352 e. The van der Waals surface area contributed by atoms with E-state index in [4.69, 9.17) is 4.98 Å². The number of carbonyl (C=O) groups excluding carboxylic acids is 1. The summed E-state index contributed by atoms with van der Waals surface area (Å²) < 4.78 is 1.63. The molecule has 3 rings (SSSR count). The molecule has 2 heterocycles. The summed E-state index contributed by atoms with van der Waals surface area (Å²) in [5, 5.41) is 4.08. The molecular formula is C19H23N3O2S2. The number of thioether (sulfide) groups is 1. The molecule has 26 heavy (non-hydrogen) atoms. The number of nitrogens with zero attached hydrogens (tertiary/aromatic N) is 2. The minimum Gasteiger partial charge on any atom is -0.352 e. The molecular weight excluding hydrogens is 366 g/mol. The summed E-state index contributed by atoms with van der Waals surface area (Å²) >= 11 is 2.91. The fraction of sp³-hybridized carbons (Fsp3) is 0.421. The Hall–Kier alpha value is -1.86. The lowest BCUT2D eigenvalue weighted by Crippen LogP contribution is -2.27. The van der Waals surface area contributed by atoms with Gasteiger partial charge in [0.05, 0.1) is 11.1 Å². The van der Waals surface area contributed by atoms with Gasteiger partial charge in [-0.05, 0) is 30.7 Å². The third kappa shape index (κ3) is 3.78. The van der Waals surface area contributed by atoms with E-state index in [1.807, 2.05) is 0 Å². The van der Waals surface area contributed by atoms with Crippen molar-refractivity contribution in [1.82, 2.24) is 14.9 Å². The maximum Gasteiger partial charge on any atom is 0.263 e. The van der Waals surface area contributed by atoms with Crippen LogP contribution >= 0.6 is 23.1 Å². The van der Waals surface area contributed by atoms with Crippen molar-refractivity contribution in [2.75, 3.05) is 12.3 Å². The fourth-order valence-corrected chi connectivity index (χ4v) is 5.43. The van der Waals surface area contributed by atoms with Gasteiger partial charge in [0.15, 0.2) is 5.16 Å². The molecule has 1 amide bonds. The lowest BCUT2D eigenvalue weighted by Gasteiger charge is -2.17. The van der Waals surface area contributed by atoms with Crippen molar-refractivity contribution < 1.29 is 4.79 Å². The van der Waals surface area contributed by atoms with Crippen LogP contribution in [-0.2, 0) is 24.2 Å². The van der Waals surface area contributed by atoms with Crippen molar-refractivity contribution in [2.45, 2.75) is 37.9 Å². The first-order chi connectivity index (χ1) is 12.5. The average Bonchev–Trinajstić information content (AvgIpc) is 2.98. The first-order valence-electron chi connectivity index (χ1n) is 8.71. The first kappa shape index (κ1) is 18.9. The molecule has 0 bridgehead atoms. The van der Waals surface area contributed by atoms with Crippen LogP contribution in [0.25, 0.3) is 10.2 Å². The van der Waals surface area contributed by atoms with Gasteiger partial charge in [-0.3, -0.25) is 14.2 Å². The number of amides is 1. The Labute approximate surface area is 161 Å². The highest BCUT2D eigenvalue weighted by molar-refractivity contribution is 7.99. The van der Waals surface area contributed by atoms with Crippen LogP contribution in [0.2, 0.25) is 0 Å². The molecule has 0 aromatic carbocycles. The topological polar surface area (TPSA) is 64.0 Å². The van der Waals surface area contributed by atoms with Crippen LogP contribution in [0.3, 0.4) is 0 Å². The summed E-state index contributed by atoms with van der Waals surface area (Å²) in [6.45, 7) is 10.4. The number of aryl methyl sites for hydroxylation is 1. The van der Waals surface area contributed by atoms with E-state index in [2.05, 4.69) is 25.4 Å². The van der Waals surface area contributed by atoms with Crippen molar-refractivity contribution in [2.24, 2.45) is 5.92 Å². The molecule has 0 saturated heterocycles. The van der Waals surface area contributed by atoms with E-state index in [1.54, 1.807) is 28.1 Å². The van der Waals surface area contributed by atoms with E-state index in [1.165, 1.54) is 22.2 Å². The zero-order chi connectivity index (χ0) is 18.7. The Balaban J connectivity index is 1.98. The van der Waals surface area contributed by atoms with Crippen molar-refractivity contribution in [3.8, 4) is 0 Å². The van der Waals surface area contributed by atoms with Crippen LogP contribution in [0.15, 0.2) is 35.3 Å². The lowest BCUT2D eigenvalue weighted by molar-refractivity contribution is -0.118. The Morgan fingerprint density at radius 1 is 1.46 bits per heavy atom. The predicted molar refractivity (Wildman–Crippen MR) is 109 cm³/mol. The molecule has 2 aromatic heterocycles. The van der Waals surface area contributed by atoms with E-state index < -0.39 is 0 Å². The lowest BCUT2D eigenvalue weighted by atomic mass is 9.89. The van der Waals surface area contributed by atoms with Gasteiger partial charge in [-0.1, -0.05) is 30.8 Å². The maximum absolute atomic E-state index is 13.1. The van der Waals surface area contributed by atoms with Crippen LogP contribution in [0.5, 0.6) is 0 Å². The number of allylic oxidation sites excluding steroid dienone is 1. The third-order valence-corrected chi connectivity index (χ3v) is 6.59. The Morgan fingerprint density at radius 3 is 3.00 bits per heavy atom. The molecule has 0 spiro atoms. The van der Waals surface area contributed by atoms with Crippen molar-refractivity contribution in [3.05, 3.63) is 46.1 Å². The molecule has 1 N–H and O–H groups in total. The van der Waals surface area contributed by atoms with Crippen LogP contribution in [0, 0.1) is 5.92 Å². The maximum atomic E-state index is 13.1. The third-order valence-electron chi connectivity index (χ3n) is 4.47. The highest BCUT2D eigenvalue weighted by atomic mass is 32.2. The van der Waals surface area contributed by atoms with E-state index >= 15 is 0 Å². The molecule has 7 heteroatoms. The number of hydrogen-bond donors (Lipinski definition) is 1. The molecule has 1 aliphatic carbocycles. The number of aromatic nitrogens is 2. The highest BCUT2D eigenvalue weighted by Gasteiger charge is 2.24. The average molecular weight is 390 g/mol. The minimum absolute atomic E-state index is 0.0176. The molecule has 0 aliphatic heterocycles. The van der Waals surface area contributed by atoms with Crippen molar-refractivity contribution in [3.63, 3.8) is 0 Å². The SMILES string of the molecule is C=CCNC(=O)CSc1nc2sc3c(c2c(=O)n1CC=C)CC[C@@H](C)C3. The first-order valence-corrected chi connectivity index (χ1v) is 10.5. The van der Waals surface area contributed by atoms with Crippen LogP contribution < -0.4 is 10.9 Å². The van der Waals surface area contributed by atoms with Crippen LogP contribution in [0.4, 0.5) is 0 Å². The number of thiophene rings is 1. The Morgan fingerprint density at radius 2 is 2.27 bits per heavy atom. The molecule has 1 atom stereocenters. The summed E-state index contributed by atoms with van der Waals surface area (Å²) in [5.74, 6) is 0.757. The van der Waals surface area contributed by atoms with Gasteiger partial charge in [-0.25, -0.2) is 4.98 Å². The number of fused-ring (bicyclic) bond motifs is 3. The van der Waals surface area contributed by atoms with E-state index in [-0.39, 0.29) is 17.2 Å². The molecule has 0 fully saturated rings. The Bertz CT molecular complexity index is 914. The van der Waals surface area contributed by atoms with Gasteiger partial charge in [0.1, 0.15) is 4.83 Å². The van der Waals surface area contributed by atoms with E-state index in [0.29, 0.717) is 24.2 Å². The van der Waals surface area contributed by atoms with Gasteiger partial charge in [0, 0.05) is 18.0 Å². The molecule has 0 radical (unpaired) electrons. The number of carbonyl (C=O) groups is 1. The van der Waals surface area contributed by atoms with Gasteiger partial charge < -0.3 is 5.32 Å². The molecule has 138 valence electrons. The molecule has 0 saturated carbocycles. The number of rotatable bonds is 7. The Kier molecular flexibility index (Phi) is 5.98. The molecule has 2 aromatic rings. The monoisotopic (exact) mass is 389 g/mol. The highest BCUT2D eigenvalue weighted by Crippen LogP contribution is 2.36. The summed E-state index contributed by atoms with van der Waals surface area (Å²) in [6.07, 6.45) is 6.40. The quantitative estimate of drug-likeness (QED) is 0.449. The number of hydrogen-bond acceptors (Lipinski definition) is 5. The molecule has 5 nitrogen and oxygen atoms in total. The second-order valence-electron chi connectivity index (χ2n) is 6.51. The minimum atomic E-state index is -0.103. The standard InChI is InChI=1S/C19H23N3O2S2/c1-4-8-20-15(23)11-25-19-21-17-16(18(24)22(19)9-5-2)13-7-6-12(3)10-14(13)26-17/h4-5,12H,1-2,6-11H2,3H3,(H,20,23)/t12-/m1/s1. The van der Waals surface area contributed by atoms with Gasteiger partial charge in [-0.2, -0.15) is 0 Å². The van der Waals surface area contributed by atoms with Crippen molar-refractivity contribution in [1.29, 1.82) is 0 Å². The summed E-state index contributed by atoms with van der Waals surface area (Å²) in [5.41, 5.74) is 1.16. The second kappa shape index (κ2) is 8.22. The van der Waals surface area contributed by atoms with E-state index in [0.717, 1.165) is 29.5 Å². The summed E-state index contributed by atoms with van der Waals surface area (Å²) in [4.78, 5) is 31.8. The van der Waals surface area contributed by atoms with E-state index in [9.17, 15) is 9.59 Å². The summed E-state index contributed by atoms with van der Waals surface area (Å²) in [7, 11) is 0. The molecule has 0 unspecified atom stereocenters.